The Labute approximate surface area is 158 Å². The maximum absolute atomic E-state index is 12.8. The van der Waals surface area contributed by atoms with E-state index in [1.807, 2.05) is 0 Å². The van der Waals surface area contributed by atoms with Crippen molar-refractivity contribution in [1.82, 2.24) is 0 Å². The lowest BCUT2D eigenvalue weighted by Crippen LogP contribution is -2.24. The van der Waals surface area contributed by atoms with E-state index < -0.39 is 5.97 Å². The van der Waals surface area contributed by atoms with Crippen LogP contribution in [-0.2, 0) is 0 Å². The molecule has 1 amide bonds. The van der Waals surface area contributed by atoms with Gasteiger partial charge in [-0.05, 0) is 55.3 Å². The summed E-state index contributed by atoms with van der Waals surface area (Å²) in [6.07, 6.45) is 5.68. The van der Waals surface area contributed by atoms with Crippen molar-refractivity contribution in [2.24, 2.45) is 0 Å². The molecule has 0 heterocycles. The fourth-order valence-corrected chi connectivity index (χ4v) is 3.33. The van der Waals surface area contributed by atoms with Gasteiger partial charge in [0.1, 0.15) is 5.75 Å². The number of hydrogen-bond acceptors (Lipinski definition) is 4. The maximum Gasteiger partial charge on any atom is 0.335 e. The Bertz CT molecular complexity index is 811. The first-order chi connectivity index (χ1) is 13.1. The number of methoxy groups -OCH3 is 1. The summed E-state index contributed by atoms with van der Waals surface area (Å²) in [5, 5.41) is 15.5. The van der Waals surface area contributed by atoms with Gasteiger partial charge in [0.25, 0.3) is 5.91 Å². The first kappa shape index (κ1) is 18.8. The number of amides is 1. The van der Waals surface area contributed by atoms with Crippen LogP contribution >= 0.6 is 0 Å². The highest BCUT2D eigenvalue weighted by molar-refractivity contribution is 6.09. The van der Waals surface area contributed by atoms with Gasteiger partial charge in [0.05, 0.1) is 18.2 Å². The van der Waals surface area contributed by atoms with Crippen LogP contribution in [0.25, 0.3) is 0 Å². The van der Waals surface area contributed by atoms with Gasteiger partial charge in [0.15, 0.2) is 0 Å². The van der Waals surface area contributed by atoms with Gasteiger partial charge in [-0.3, -0.25) is 4.79 Å². The van der Waals surface area contributed by atoms with Crippen LogP contribution in [0.1, 0.15) is 52.8 Å². The molecule has 6 heteroatoms. The zero-order valence-corrected chi connectivity index (χ0v) is 15.3. The molecule has 0 unspecified atom stereocenters. The Kier molecular flexibility index (Phi) is 5.96. The molecule has 142 valence electrons. The zero-order valence-electron chi connectivity index (χ0n) is 15.3. The Morgan fingerprint density at radius 3 is 2.37 bits per heavy atom. The second-order valence-corrected chi connectivity index (χ2v) is 6.73. The highest BCUT2D eigenvalue weighted by Crippen LogP contribution is 2.26. The molecule has 3 N–H and O–H groups in total. The third-order valence-corrected chi connectivity index (χ3v) is 4.82. The van der Waals surface area contributed by atoms with Crippen LogP contribution in [0.5, 0.6) is 5.75 Å². The molecule has 27 heavy (non-hydrogen) atoms. The van der Waals surface area contributed by atoms with Gasteiger partial charge in [-0.25, -0.2) is 4.79 Å². The summed E-state index contributed by atoms with van der Waals surface area (Å²) in [5.74, 6) is -0.709. The van der Waals surface area contributed by atoms with Gasteiger partial charge < -0.3 is 20.5 Å². The largest absolute Gasteiger partial charge is 0.497 e. The van der Waals surface area contributed by atoms with Crippen molar-refractivity contribution in [2.45, 2.75) is 38.1 Å². The summed E-state index contributed by atoms with van der Waals surface area (Å²) < 4.78 is 5.12. The van der Waals surface area contributed by atoms with Crippen molar-refractivity contribution < 1.29 is 19.4 Å². The second kappa shape index (κ2) is 8.58. The van der Waals surface area contributed by atoms with Crippen molar-refractivity contribution >= 4 is 23.3 Å². The number of anilines is 2. The third kappa shape index (κ3) is 4.78. The summed E-state index contributed by atoms with van der Waals surface area (Å²) in [6.45, 7) is 0. The fourth-order valence-electron chi connectivity index (χ4n) is 3.33. The Hall–Kier alpha value is -3.02. The van der Waals surface area contributed by atoms with E-state index in [2.05, 4.69) is 10.6 Å². The van der Waals surface area contributed by atoms with Crippen LogP contribution in [0.2, 0.25) is 0 Å². The molecule has 1 aliphatic carbocycles. The number of hydrogen-bond donors (Lipinski definition) is 3. The summed E-state index contributed by atoms with van der Waals surface area (Å²) >= 11 is 0. The van der Waals surface area contributed by atoms with Crippen molar-refractivity contribution in [3.63, 3.8) is 0 Å². The minimum atomic E-state index is -1.06. The van der Waals surface area contributed by atoms with Gasteiger partial charge >= 0.3 is 5.97 Å². The molecule has 2 aromatic rings. The summed E-state index contributed by atoms with van der Waals surface area (Å²) in [7, 11) is 1.58. The molecule has 1 aliphatic rings. The Morgan fingerprint density at radius 1 is 1.04 bits per heavy atom. The average molecular weight is 368 g/mol. The predicted octanol–water partition coefficient (Wildman–Crippen LogP) is 4.39. The van der Waals surface area contributed by atoms with Gasteiger partial charge in [-0.15, -0.1) is 0 Å². The fraction of sp³-hybridized carbons (Fsp3) is 0.333. The van der Waals surface area contributed by atoms with E-state index >= 15 is 0 Å². The third-order valence-electron chi connectivity index (χ3n) is 4.82. The number of rotatable bonds is 6. The minimum absolute atomic E-state index is 0.0871. The maximum atomic E-state index is 12.8. The molecular weight excluding hydrogens is 344 g/mol. The number of benzene rings is 2. The number of aromatic carboxylic acids is 1. The van der Waals surface area contributed by atoms with Crippen LogP contribution in [0.4, 0.5) is 11.4 Å². The molecule has 0 spiro atoms. The molecular formula is C21H24N2O4. The molecule has 0 bridgehead atoms. The number of nitrogens with one attached hydrogen (secondary N) is 2. The topological polar surface area (TPSA) is 87.7 Å². The van der Waals surface area contributed by atoms with Crippen LogP contribution in [0.15, 0.2) is 42.5 Å². The summed E-state index contributed by atoms with van der Waals surface area (Å²) in [5.41, 5.74) is 1.70. The van der Waals surface area contributed by atoms with Gasteiger partial charge in [0, 0.05) is 17.4 Å². The zero-order chi connectivity index (χ0) is 19.2. The van der Waals surface area contributed by atoms with Crippen molar-refractivity contribution in [1.29, 1.82) is 0 Å². The smallest absolute Gasteiger partial charge is 0.335 e. The number of ether oxygens (including phenoxy) is 1. The van der Waals surface area contributed by atoms with Gasteiger partial charge in [-0.1, -0.05) is 19.3 Å². The molecule has 2 aromatic carbocycles. The summed E-state index contributed by atoms with van der Waals surface area (Å²) in [6, 6.07) is 11.9. The Balaban J connectivity index is 1.83. The lowest BCUT2D eigenvalue weighted by Gasteiger charge is -2.25. The van der Waals surface area contributed by atoms with Crippen molar-refractivity contribution in [3.05, 3.63) is 53.6 Å². The summed E-state index contributed by atoms with van der Waals surface area (Å²) in [4.78, 5) is 24.2. The highest BCUT2D eigenvalue weighted by Gasteiger charge is 2.19. The van der Waals surface area contributed by atoms with E-state index in [4.69, 9.17) is 4.74 Å². The van der Waals surface area contributed by atoms with E-state index in [0.717, 1.165) is 25.7 Å². The molecule has 1 fully saturated rings. The Morgan fingerprint density at radius 2 is 1.74 bits per heavy atom. The normalized spacial score (nSPS) is 14.4. The molecule has 3 rings (SSSR count). The number of carboxylic acid groups (broad SMARTS) is 1. The quantitative estimate of drug-likeness (QED) is 0.704. The van der Waals surface area contributed by atoms with E-state index in [9.17, 15) is 14.7 Å². The minimum Gasteiger partial charge on any atom is -0.497 e. The molecule has 6 nitrogen and oxygen atoms in total. The van der Waals surface area contributed by atoms with Crippen molar-refractivity contribution in [2.75, 3.05) is 17.7 Å². The van der Waals surface area contributed by atoms with E-state index in [-0.39, 0.29) is 11.5 Å². The van der Waals surface area contributed by atoms with Gasteiger partial charge in [0.2, 0.25) is 0 Å². The standard InChI is InChI=1S/C21H24N2O4/c1-27-17-10-8-16(9-11-17)23-20(24)18-13-14(21(25)26)7-12-19(18)22-15-5-3-2-4-6-15/h7-13,15,22H,2-6H2,1H3,(H,23,24)(H,25,26). The molecule has 0 radical (unpaired) electrons. The second-order valence-electron chi connectivity index (χ2n) is 6.73. The number of carboxylic acids is 1. The first-order valence-electron chi connectivity index (χ1n) is 9.16. The number of carbonyl (C=O) groups excluding carboxylic acids is 1. The monoisotopic (exact) mass is 368 g/mol. The van der Waals surface area contributed by atoms with Crippen molar-refractivity contribution in [3.8, 4) is 5.75 Å². The molecule has 1 saturated carbocycles. The number of carbonyl (C=O) groups is 2. The molecule has 0 atom stereocenters. The first-order valence-corrected chi connectivity index (χ1v) is 9.16. The lowest BCUT2D eigenvalue weighted by atomic mass is 9.95. The SMILES string of the molecule is COc1ccc(NC(=O)c2cc(C(=O)O)ccc2NC2CCCCC2)cc1. The molecule has 0 aromatic heterocycles. The van der Waals surface area contributed by atoms with Crippen LogP contribution in [0, 0.1) is 0 Å². The van der Waals surface area contributed by atoms with Gasteiger partial charge in [-0.2, -0.15) is 0 Å². The average Bonchev–Trinajstić information content (AvgIpc) is 2.69. The van der Waals surface area contributed by atoms with Crippen LogP contribution in [0.3, 0.4) is 0 Å². The highest BCUT2D eigenvalue weighted by atomic mass is 16.5. The van der Waals surface area contributed by atoms with E-state index in [1.165, 1.54) is 18.6 Å². The van der Waals surface area contributed by atoms with Crippen LogP contribution < -0.4 is 15.4 Å². The predicted molar refractivity (Wildman–Crippen MR) is 105 cm³/mol. The van der Waals surface area contributed by atoms with E-state index in [0.29, 0.717) is 28.7 Å². The lowest BCUT2D eigenvalue weighted by molar-refractivity contribution is 0.0697. The molecule has 0 aliphatic heterocycles. The van der Waals surface area contributed by atoms with E-state index in [1.54, 1.807) is 37.4 Å². The molecule has 0 saturated heterocycles. The van der Waals surface area contributed by atoms with Crippen LogP contribution in [-0.4, -0.2) is 30.1 Å².